The fraction of sp³-hybridized carbons (Fsp3) is 0.296. The zero-order valence-electron chi connectivity index (χ0n) is 18.8. The number of carbonyl (C=O) groups excluding carboxylic acids is 1. The van der Waals surface area contributed by atoms with Crippen molar-refractivity contribution < 1.29 is 9.53 Å². The molecule has 3 aromatic rings. The molecule has 1 atom stereocenters. The Morgan fingerprint density at radius 3 is 1.90 bits per heavy atom. The molecule has 3 aromatic carbocycles. The summed E-state index contributed by atoms with van der Waals surface area (Å²) in [6.07, 6.45) is 0. The summed E-state index contributed by atoms with van der Waals surface area (Å²) in [5.41, 5.74) is 1.25. The molecule has 1 N–H and O–H groups in total. The number of anilines is 1. The van der Waals surface area contributed by atoms with E-state index >= 15 is 0 Å². The van der Waals surface area contributed by atoms with Gasteiger partial charge in [-0.3, -0.25) is 4.90 Å². The maximum atomic E-state index is 13.8. The van der Waals surface area contributed by atoms with Crippen molar-refractivity contribution in [2.24, 2.45) is 0 Å². The number of esters is 1. The van der Waals surface area contributed by atoms with E-state index in [4.69, 9.17) is 4.74 Å². The van der Waals surface area contributed by atoms with E-state index in [0.717, 1.165) is 11.3 Å². The zero-order chi connectivity index (χ0) is 22.3. The molecule has 0 aliphatic carbocycles. The van der Waals surface area contributed by atoms with Crippen molar-refractivity contribution in [3.05, 3.63) is 102 Å². The molecule has 0 aliphatic heterocycles. The Labute approximate surface area is 185 Å². The van der Waals surface area contributed by atoms with Gasteiger partial charge in [-0.25, -0.2) is 4.79 Å². The molecule has 0 fully saturated rings. The van der Waals surface area contributed by atoms with E-state index in [1.54, 1.807) is 0 Å². The van der Waals surface area contributed by atoms with Crippen LogP contribution in [0.2, 0.25) is 0 Å². The third-order valence-corrected chi connectivity index (χ3v) is 4.95. The molecule has 4 nitrogen and oxygen atoms in total. The van der Waals surface area contributed by atoms with E-state index in [0.29, 0.717) is 13.1 Å². The summed E-state index contributed by atoms with van der Waals surface area (Å²) in [5, 5.41) is 3.53. The highest BCUT2D eigenvalue weighted by atomic mass is 16.6. The molecule has 0 saturated heterocycles. The molecule has 0 radical (unpaired) electrons. The first-order valence-electron chi connectivity index (χ1n) is 10.6. The van der Waals surface area contributed by atoms with Crippen molar-refractivity contribution in [1.82, 2.24) is 4.90 Å². The van der Waals surface area contributed by atoms with Gasteiger partial charge in [-0.1, -0.05) is 78.9 Å². The number of nitrogens with zero attached hydrogens (tertiary/aromatic N) is 1. The van der Waals surface area contributed by atoms with Crippen LogP contribution in [0.15, 0.2) is 91.0 Å². The van der Waals surface area contributed by atoms with E-state index < -0.39 is 11.1 Å². The van der Waals surface area contributed by atoms with Crippen LogP contribution in [0.1, 0.15) is 31.9 Å². The summed E-state index contributed by atoms with van der Waals surface area (Å²) in [6.45, 7) is 6.86. The van der Waals surface area contributed by atoms with E-state index in [-0.39, 0.29) is 5.97 Å². The molecule has 1 unspecified atom stereocenters. The molecule has 0 saturated carbocycles. The number of benzene rings is 3. The zero-order valence-corrected chi connectivity index (χ0v) is 18.8. The van der Waals surface area contributed by atoms with Crippen LogP contribution in [0.4, 0.5) is 5.69 Å². The molecule has 0 bridgehead atoms. The topological polar surface area (TPSA) is 41.6 Å². The first-order chi connectivity index (χ1) is 14.8. The second kappa shape index (κ2) is 9.80. The Balaban J connectivity index is 2.03. The summed E-state index contributed by atoms with van der Waals surface area (Å²) in [4.78, 5) is 15.9. The van der Waals surface area contributed by atoms with Crippen LogP contribution in [-0.2, 0) is 21.6 Å². The van der Waals surface area contributed by atoms with Crippen molar-refractivity contribution in [2.75, 3.05) is 18.9 Å². The molecule has 31 heavy (non-hydrogen) atoms. The molecule has 3 rings (SSSR count). The fourth-order valence-electron chi connectivity index (χ4n) is 3.65. The van der Waals surface area contributed by atoms with Crippen molar-refractivity contribution >= 4 is 11.7 Å². The number of hydrogen-bond donors (Lipinski definition) is 1. The van der Waals surface area contributed by atoms with Gasteiger partial charge in [0.1, 0.15) is 5.60 Å². The number of rotatable bonds is 8. The van der Waals surface area contributed by atoms with Crippen LogP contribution >= 0.6 is 0 Å². The monoisotopic (exact) mass is 416 g/mol. The average Bonchev–Trinajstić information content (AvgIpc) is 2.74. The van der Waals surface area contributed by atoms with E-state index in [2.05, 4.69) is 22.3 Å². The minimum atomic E-state index is -1.07. The Morgan fingerprint density at radius 2 is 1.35 bits per heavy atom. The van der Waals surface area contributed by atoms with Gasteiger partial charge in [0, 0.05) is 18.8 Å². The smallest absolute Gasteiger partial charge is 0.338 e. The van der Waals surface area contributed by atoms with Gasteiger partial charge in [0.2, 0.25) is 0 Å². The number of para-hydroxylation sites is 1. The Morgan fingerprint density at radius 1 is 0.839 bits per heavy atom. The molecule has 0 heterocycles. The molecule has 0 amide bonds. The lowest BCUT2D eigenvalue weighted by molar-refractivity contribution is -0.161. The highest BCUT2D eigenvalue weighted by molar-refractivity contribution is 5.87. The minimum absolute atomic E-state index is 0.296. The van der Waals surface area contributed by atoms with Gasteiger partial charge in [0.15, 0.2) is 5.54 Å². The molecule has 162 valence electrons. The summed E-state index contributed by atoms with van der Waals surface area (Å²) in [7, 11) is 2.03. The maximum absolute atomic E-state index is 13.8. The maximum Gasteiger partial charge on any atom is 0.338 e. The number of carbonyl (C=O) groups is 1. The van der Waals surface area contributed by atoms with Gasteiger partial charge >= 0.3 is 5.97 Å². The predicted octanol–water partition coefficient (Wildman–Crippen LogP) is 5.47. The van der Waals surface area contributed by atoms with Crippen LogP contribution in [0.25, 0.3) is 0 Å². The van der Waals surface area contributed by atoms with Gasteiger partial charge in [0.25, 0.3) is 0 Å². The van der Waals surface area contributed by atoms with Crippen LogP contribution in [0, 0.1) is 0 Å². The van der Waals surface area contributed by atoms with Gasteiger partial charge in [-0.2, -0.15) is 0 Å². The van der Waals surface area contributed by atoms with Crippen molar-refractivity contribution in [2.45, 2.75) is 38.5 Å². The third kappa shape index (κ3) is 6.19. The average molecular weight is 417 g/mol. The fourth-order valence-corrected chi connectivity index (χ4v) is 3.65. The molecular formula is C27H32N2O2. The van der Waals surface area contributed by atoms with E-state index in [1.165, 1.54) is 5.56 Å². The van der Waals surface area contributed by atoms with Gasteiger partial charge < -0.3 is 10.1 Å². The lowest BCUT2D eigenvalue weighted by Gasteiger charge is -2.39. The van der Waals surface area contributed by atoms with Crippen LogP contribution < -0.4 is 5.32 Å². The predicted molar refractivity (Wildman–Crippen MR) is 127 cm³/mol. The van der Waals surface area contributed by atoms with E-state index in [1.807, 2.05) is 107 Å². The Bertz CT molecular complexity index is 953. The molecule has 0 aromatic heterocycles. The number of nitrogens with one attached hydrogen (secondary N) is 1. The minimum Gasteiger partial charge on any atom is -0.458 e. The normalized spacial score (nSPS) is 13.5. The molecule has 0 aliphatic rings. The van der Waals surface area contributed by atoms with Gasteiger partial charge in [-0.05, 0) is 51.1 Å². The lowest BCUT2D eigenvalue weighted by atomic mass is 9.88. The summed E-state index contributed by atoms with van der Waals surface area (Å²) in [6, 6.07) is 29.9. The van der Waals surface area contributed by atoms with Gasteiger partial charge in [-0.15, -0.1) is 0 Å². The van der Waals surface area contributed by atoms with Crippen molar-refractivity contribution in [3.8, 4) is 0 Å². The van der Waals surface area contributed by atoms with E-state index in [9.17, 15) is 4.79 Å². The Kier molecular flexibility index (Phi) is 7.13. The largest absolute Gasteiger partial charge is 0.458 e. The summed E-state index contributed by atoms with van der Waals surface area (Å²) in [5.74, 6) is -0.296. The third-order valence-electron chi connectivity index (χ3n) is 4.95. The second-order valence-corrected chi connectivity index (χ2v) is 8.92. The van der Waals surface area contributed by atoms with Gasteiger partial charge in [0.05, 0.1) is 0 Å². The second-order valence-electron chi connectivity index (χ2n) is 8.92. The quantitative estimate of drug-likeness (QED) is 0.495. The lowest BCUT2D eigenvalue weighted by Crippen LogP contribution is -2.53. The molecule has 0 spiro atoms. The van der Waals surface area contributed by atoms with Crippen LogP contribution in [0.3, 0.4) is 0 Å². The van der Waals surface area contributed by atoms with Crippen molar-refractivity contribution in [1.29, 1.82) is 0 Å². The summed E-state index contributed by atoms with van der Waals surface area (Å²) < 4.78 is 5.95. The first kappa shape index (κ1) is 22.6. The highest BCUT2D eigenvalue weighted by Crippen LogP contribution is 2.31. The van der Waals surface area contributed by atoms with Crippen LogP contribution in [-0.4, -0.2) is 30.1 Å². The number of hydrogen-bond acceptors (Lipinski definition) is 4. The summed E-state index contributed by atoms with van der Waals surface area (Å²) >= 11 is 0. The Hall–Kier alpha value is -3.11. The SMILES string of the molecule is CN(Cc1ccccc1)CC(Nc1ccccc1)(C(=O)OC(C)(C)C)c1ccccc1. The molecule has 4 heteroatoms. The number of likely N-dealkylation sites (N-methyl/N-ethyl adjacent to an activating group) is 1. The highest BCUT2D eigenvalue weighted by Gasteiger charge is 2.44. The van der Waals surface area contributed by atoms with Crippen molar-refractivity contribution in [3.63, 3.8) is 0 Å². The standard InChI is InChI=1S/C27H32N2O2/c1-26(2,3)31-25(30)27(23-16-10-6-11-17-23,28-24-18-12-7-13-19-24)21-29(4)20-22-14-8-5-9-15-22/h5-19,28H,20-21H2,1-4H3. The molecular weight excluding hydrogens is 384 g/mol. The first-order valence-corrected chi connectivity index (χ1v) is 10.6. The van der Waals surface area contributed by atoms with Crippen LogP contribution in [0.5, 0.6) is 0 Å². The number of ether oxygens (including phenoxy) is 1.